The molecule has 146 valence electrons. The number of hydrogen-bond donors (Lipinski definition) is 1. The minimum absolute atomic E-state index is 0.207. The summed E-state index contributed by atoms with van der Waals surface area (Å²) in [6, 6.07) is 14.9. The van der Waals surface area contributed by atoms with E-state index in [2.05, 4.69) is 22.7 Å². The molecule has 1 unspecified atom stereocenters. The van der Waals surface area contributed by atoms with Crippen LogP contribution in [-0.4, -0.2) is 18.7 Å². The maximum absolute atomic E-state index is 12.2. The van der Waals surface area contributed by atoms with Crippen molar-refractivity contribution in [2.45, 2.75) is 32.8 Å². The number of hydrazone groups is 1. The van der Waals surface area contributed by atoms with Crippen molar-refractivity contribution < 1.29 is 14.3 Å². The summed E-state index contributed by atoms with van der Waals surface area (Å²) in [7, 11) is 0. The molecule has 1 aliphatic carbocycles. The van der Waals surface area contributed by atoms with E-state index in [-0.39, 0.29) is 5.91 Å². The van der Waals surface area contributed by atoms with Gasteiger partial charge in [0.05, 0.1) is 6.61 Å². The molecule has 0 aromatic heterocycles. The van der Waals surface area contributed by atoms with Gasteiger partial charge in [0.1, 0.15) is 18.1 Å². The molecule has 28 heavy (non-hydrogen) atoms. The fraction of sp³-hybridized carbons (Fsp3) is 0.304. The molecule has 0 fully saturated rings. The lowest BCUT2D eigenvalue weighted by Gasteiger charge is -2.11. The Morgan fingerprint density at radius 1 is 1.07 bits per heavy atom. The van der Waals surface area contributed by atoms with E-state index in [4.69, 9.17) is 9.47 Å². The summed E-state index contributed by atoms with van der Waals surface area (Å²) in [4.78, 5) is 12.2. The lowest BCUT2D eigenvalue weighted by atomic mass is 9.96. The summed E-state index contributed by atoms with van der Waals surface area (Å²) in [5.41, 5.74) is 4.17. The Kier molecular flexibility index (Phi) is 7.24. The Morgan fingerprint density at radius 3 is 2.43 bits per heavy atom. The SMILES string of the molecule is CCOc1ccc(OCc2ccc(C(=O)N/N=C/C3CC=CCC3)cc2)cc1. The first-order chi connectivity index (χ1) is 13.7. The van der Waals surface area contributed by atoms with E-state index in [9.17, 15) is 4.79 Å². The summed E-state index contributed by atoms with van der Waals surface area (Å²) in [6.07, 6.45) is 9.33. The average molecular weight is 378 g/mol. The number of benzene rings is 2. The standard InChI is InChI=1S/C23H26N2O3/c1-2-27-21-12-14-22(15-13-21)28-17-19-8-10-20(11-9-19)23(26)25-24-16-18-6-4-3-5-7-18/h3-4,8-16,18H,2,5-7,17H2,1H3,(H,25,26)/b24-16+. The Morgan fingerprint density at radius 2 is 1.79 bits per heavy atom. The quantitative estimate of drug-likeness (QED) is 0.410. The molecule has 2 aromatic carbocycles. The molecule has 1 N–H and O–H groups in total. The molecule has 2 aromatic rings. The van der Waals surface area contributed by atoms with Crippen LogP contribution in [0, 0.1) is 5.92 Å². The van der Waals surface area contributed by atoms with Crippen LogP contribution in [0.4, 0.5) is 0 Å². The number of allylic oxidation sites excluding steroid dienone is 2. The molecule has 5 nitrogen and oxygen atoms in total. The van der Waals surface area contributed by atoms with Gasteiger partial charge in [-0.2, -0.15) is 5.10 Å². The minimum atomic E-state index is -0.207. The molecule has 0 spiro atoms. The molecule has 0 saturated heterocycles. The molecule has 0 heterocycles. The second-order valence-corrected chi connectivity index (χ2v) is 6.65. The van der Waals surface area contributed by atoms with Gasteiger partial charge in [-0.05, 0) is 74.1 Å². The summed E-state index contributed by atoms with van der Waals surface area (Å²) >= 11 is 0. The van der Waals surface area contributed by atoms with Crippen molar-refractivity contribution >= 4 is 12.1 Å². The van der Waals surface area contributed by atoms with E-state index in [0.29, 0.717) is 24.7 Å². The average Bonchev–Trinajstić information content (AvgIpc) is 2.74. The van der Waals surface area contributed by atoms with Crippen molar-refractivity contribution in [2.75, 3.05) is 6.61 Å². The Labute approximate surface area is 166 Å². The first-order valence-corrected chi connectivity index (χ1v) is 9.67. The number of amides is 1. The Balaban J connectivity index is 1.46. The van der Waals surface area contributed by atoms with Crippen LogP contribution in [0.5, 0.6) is 11.5 Å². The molecule has 3 rings (SSSR count). The number of rotatable bonds is 8. The van der Waals surface area contributed by atoms with Crippen molar-refractivity contribution in [3.63, 3.8) is 0 Å². The van der Waals surface area contributed by atoms with Crippen LogP contribution in [-0.2, 0) is 6.61 Å². The van der Waals surface area contributed by atoms with Crippen LogP contribution in [0.3, 0.4) is 0 Å². The van der Waals surface area contributed by atoms with Gasteiger partial charge in [-0.1, -0.05) is 24.3 Å². The molecule has 1 amide bonds. The lowest BCUT2D eigenvalue weighted by Crippen LogP contribution is -2.18. The van der Waals surface area contributed by atoms with Crippen LogP contribution in [0.1, 0.15) is 42.1 Å². The van der Waals surface area contributed by atoms with Crippen molar-refractivity contribution in [1.29, 1.82) is 0 Å². The van der Waals surface area contributed by atoms with Crippen molar-refractivity contribution in [2.24, 2.45) is 11.0 Å². The van der Waals surface area contributed by atoms with Crippen molar-refractivity contribution in [3.8, 4) is 11.5 Å². The summed E-state index contributed by atoms with van der Waals surface area (Å²) in [5, 5.41) is 4.10. The summed E-state index contributed by atoms with van der Waals surface area (Å²) in [5.74, 6) is 1.80. The summed E-state index contributed by atoms with van der Waals surface area (Å²) in [6.45, 7) is 3.03. The van der Waals surface area contributed by atoms with Crippen molar-refractivity contribution in [3.05, 3.63) is 71.8 Å². The van der Waals surface area contributed by atoms with Gasteiger partial charge in [-0.15, -0.1) is 0 Å². The molecule has 5 heteroatoms. The monoisotopic (exact) mass is 378 g/mol. The number of hydrogen-bond acceptors (Lipinski definition) is 4. The normalized spacial score (nSPS) is 16.1. The Hall–Kier alpha value is -3.08. The smallest absolute Gasteiger partial charge is 0.271 e. The first-order valence-electron chi connectivity index (χ1n) is 9.67. The number of nitrogens with zero attached hydrogens (tertiary/aromatic N) is 1. The summed E-state index contributed by atoms with van der Waals surface area (Å²) < 4.78 is 11.2. The van der Waals surface area contributed by atoms with E-state index in [1.54, 1.807) is 12.1 Å². The zero-order valence-corrected chi connectivity index (χ0v) is 16.1. The second kappa shape index (κ2) is 10.3. The predicted molar refractivity (Wildman–Crippen MR) is 111 cm³/mol. The highest BCUT2D eigenvalue weighted by Gasteiger charge is 2.08. The van der Waals surface area contributed by atoms with E-state index in [0.717, 1.165) is 36.3 Å². The third kappa shape index (κ3) is 5.98. The third-order valence-electron chi connectivity index (χ3n) is 4.52. The van der Waals surface area contributed by atoms with Crippen LogP contribution in [0.15, 0.2) is 65.8 Å². The number of nitrogens with one attached hydrogen (secondary N) is 1. The molecule has 0 aliphatic heterocycles. The van der Waals surface area contributed by atoms with E-state index < -0.39 is 0 Å². The molecular formula is C23H26N2O3. The zero-order chi connectivity index (χ0) is 19.6. The van der Waals surface area contributed by atoms with Gasteiger partial charge in [0.2, 0.25) is 0 Å². The predicted octanol–water partition coefficient (Wildman–Crippen LogP) is 4.74. The largest absolute Gasteiger partial charge is 0.494 e. The van der Waals surface area contributed by atoms with E-state index >= 15 is 0 Å². The number of ether oxygens (including phenoxy) is 2. The first kappa shape index (κ1) is 19.7. The van der Waals surface area contributed by atoms with Crippen LogP contribution in [0.2, 0.25) is 0 Å². The van der Waals surface area contributed by atoms with Gasteiger partial charge in [0, 0.05) is 11.8 Å². The van der Waals surface area contributed by atoms with Crippen LogP contribution >= 0.6 is 0 Å². The fourth-order valence-corrected chi connectivity index (χ4v) is 2.94. The van der Waals surface area contributed by atoms with E-state index in [1.165, 1.54) is 0 Å². The van der Waals surface area contributed by atoms with Gasteiger partial charge in [0.25, 0.3) is 5.91 Å². The number of carbonyl (C=O) groups excluding carboxylic acids is 1. The lowest BCUT2D eigenvalue weighted by molar-refractivity contribution is 0.0955. The minimum Gasteiger partial charge on any atom is -0.494 e. The van der Waals surface area contributed by atoms with Gasteiger partial charge in [-0.3, -0.25) is 4.79 Å². The second-order valence-electron chi connectivity index (χ2n) is 6.65. The molecular weight excluding hydrogens is 352 g/mol. The highest BCUT2D eigenvalue weighted by atomic mass is 16.5. The molecule has 0 bridgehead atoms. The maximum Gasteiger partial charge on any atom is 0.271 e. The fourth-order valence-electron chi connectivity index (χ4n) is 2.94. The van der Waals surface area contributed by atoms with Crippen LogP contribution < -0.4 is 14.9 Å². The van der Waals surface area contributed by atoms with E-state index in [1.807, 2.05) is 49.5 Å². The van der Waals surface area contributed by atoms with Crippen molar-refractivity contribution in [1.82, 2.24) is 5.43 Å². The zero-order valence-electron chi connectivity index (χ0n) is 16.1. The van der Waals surface area contributed by atoms with Crippen LogP contribution in [0.25, 0.3) is 0 Å². The van der Waals surface area contributed by atoms with Gasteiger partial charge < -0.3 is 9.47 Å². The third-order valence-corrected chi connectivity index (χ3v) is 4.52. The molecule has 1 aliphatic rings. The van der Waals surface area contributed by atoms with Gasteiger partial charge in [-0.25, -0.2) is 5.43 Å². The van der Waals surface area contributed by atoms with Gasteiger partial charge in [0.15, 0.2) is 0 Å². The molecule has 0 saturated carbocycles. The topological polar surface area (TPSA) is 59.9 Å². The highest BCUT2D eigenvalue weighted by molar-refractivity contribution is 5.94. The Bertz CT molecular complexity index is 811. The maximum atomic E-state index is 12.2. The van der Waals surface area contributed by atoms with Gasteiger partial charge >= 0.3 is 0 Å². The molecule has 1 atom stereocenters. The molecule has 0 radical (unpaired) electrons. The highest BCUT2D eigenvalue weighted by Crippen LogP contribution is 2.19. The number of carbonyl (C=O) groups is 1.